The lowest BCUT2D eigenvalue weighted by molar-refractivity contribution is -0.158. The number of aliphatic carboxylic acids is 1. The molecule has 0 aromatic heterocycles. The Morgan fingerprint density at radius 3 is 3.20 bits per heavy atom. The molecule has 2 aliphatic rings. The zero-order chi connectivity index (χ0) is 14.5. The highest BCUT2D eigenvalue weighted by molar-refractivity contribution is 5.69. The Hall–Kier alpha value is -1.53. The lowest BCUT2D eigenvalue weighted by Crippen LogP contribution is -2.37. The number of hydrogen-bond donors (Lipinski definition) is 2. The molecule has 0 saturated carbocycles. The lowest BCUT2D eigenvalue weighted by Gasteiger charge is -2.30. The number of carboxylic acid groups (broad SMARTS) is 1. The summed E-state index contributed by atoms with van der Waals surface area (Å²) in [6.45, 7) is 6.30. The van der Waals surface area contributed by atoms with Crippen LogP contribution in [0.3, 0.4) is 0 Å². The van der Waals surface area contributed by atoms with Crippen molar-refractivity contribution in [1.29, 1.82) is 0 Å². The fraction of sp³-hybridized carbons (Fsp3) is 0.643. The van der Waals surface area contributed by atoms with Crippen LogP contribution in [-0.2, 0) is 9.63 Å². The highest BCUT2D eigenvalue weighted by Crippen LogP contribution is 2.20. The fourth-order valence-corrected chi connectivity index (χ4v) is 2.72. The molecule has 1 atom stereocenters. The van der Waals surface area contributed by atoms with Gasteiger partial charge in [0.15, 0.2) is 0 Å². The van der Waals surface area contributed by atoms with Gasteiger partial charge in [0.2, 0.25) is 0 Å². The molecular formula is C14H23N3O3. The fourth-order valence-electron chi connectivity index (χ4n) is 2.72. The van der Waals surface area contributed by atoms with Crippen LogP contribution in [0.5, 0.6) is 0 Å². The third-order valence-electron chi connectivity index (χ3n) is 3.68. The minimum Gasteiger partial charge on any atom is -0.480 e. The molecule has 0 bridgehead atoms. The first kappa shape index (κ1) is 14.9. The van der Waals surface area contributed by atoms with E-state index in [4.69, 9.17) is 9.94 Å². The number of allylic oxidation sites excluding steroid dienone is 2. The van der Waals surface area contributed by atoms with Crippen molar-refractivity contribution in [2.24, 2.45) is 0 Å². The van der Waals surface area contributed by atoms with E-state index in [1.165, 1.54) is 5.57 Å². The maximum absolute atomic E-state index is 10.7. The monoisotopic (exact) mass is 281 g/mol. The molecule has 20 heavy (non-hydrogen) atoms. The Morgan fingerprint density at radius 2 is 2.50 bits per heavy atom. The third-order valence-corrected chi connectivity index (χ3v) is 3.68. The van der Waals surface area contributed by atoms with Crippen LogP contribution in [0, 0.1) is 0 Å². The summed E-state index contributed by atoms with van der Waals surface area (Å²) in [5.41, 5.74) is 1.17. The summed E-state index contributed by atoms with van der Waals surface area (Å²) < 4.78 is 0. The Morgan fingerprint density at radius 1 is 1.70 bits per heavy atom. The Balaban J connectivity index is 1.88. The van der Waals surface area contributed by atoms with Crippen LogP contribution in [0.4, 0.5) is 0 Å². The second-order valence-electron chi connectivity index (χ2n) is 5.25. The van der Waals surface area contributed by atoms with Crippen LogP contribution in [0.25, 0.3) is 0 Å². The van der Waals surface area contributed by atoms with Gasteiger partial charge in [0.05, 0.1) is 12.6 Å². The van der Waals surface area contributed by atoms with Gasteiger partial charge in [0.1, 0.15) is 5.82 Å². The Labute approximate surface area is 119 Å². The van der Waals surface area contributed by atoms with Gasteiger partial charge in [-0.2, -0.15) is 0 Å². The summed E-state index contributed by atoms with van der Waals surface area (Å²) in [5.74, 6) is 0.188. The van der Waals surface area contributed by atoms with E-state index in [9.17, 15) is 4.79 Å². The van der Waals surface area contributed by atoms with E-state index < -0.39 is 5.97 Å². The number of carboxylic acids is 1. The molecule has 2 heterocycles. The van der Waals surface area contributed by atoms with Crippen molar-refractivity contribution < 1.29 is 14.7 Å². The molecule has 0 spiro atoms. The van der Waals surface area contributed by atoms with E-state index >= 15 is 0 Å². The maximum atomic E-state index is 10.7. The van der Waals surface area contributed by atoms with E-state index in [0.717, 1.165) is 38.2 Å². The lowest BCUT2D eigenvalue weighted by atomic mass is 10.1. The summed E-state index contributed by atoms with van der Waals surface area (Å²) in [6, 6.07) is 0. The van der Waals surface area contributed by atoms with Gasteiger partial charge >= 0.3 is 5.97 Å². The zero-order valence-corrected chi connectivity index (χ0v) is 12.0. The van der Waals surface area contributed by atoms with Crippen LogP contribution in [0.15, 0.2) is 24.0 Å². The normalized spacial score (nSPS) is 23.6. The zero-order valence-electron chi connectivity index (χ0n) is 12.0. The number of nitrogens with zero attached hydrogens (tertiary/aromatic N) is 2. The number of nitrogens with one attached hydrogen (secondary N) is 1. The van der Waals surface area contributed by atoms with E-state index in [-0.39, 0.29) is 12.6 Å². The molecule has 6 nitrogen and oxygen atoms in total. The number of rotatable bonds is 6. The summed E-state index contributed by atoms with van der Waals surface area (Å²) in [6.07, 6.45) is 4.88. The summed E-state index contributed by atoms with van der Waals surface area (Å²) in [7, 11) is 1.89. The molecule has 2 N–H and O–H groups in total. The van der Waals surface area contributed by atoms with E-state index in [1.54, 1.807) is 5.06 Å². The first-order chi connectivity index (χ1) is 9.60. The largest absolute Gasteiger partial charge is 0.480 e. The van der Waals surface area contributed by atoms with Gasteiger partial charge in [0, 0.05) is 26.7 Å². The van der Waals surface area contributed by atoms with Crippen molar-refractivity contribution in [3.05, 3.63) is 24.0 Å². The molecule has 1 fully saturated rings. The van der Waals surface area contributed by atoms with Gasteiger partial charge in [-0.15, -0.1) is 0 Å². The molecule has 0 unspecified atom stereocenters. The van der Waals surface area contributed by atoms with Crippen molar-refractivity contribution >= 4 is 5.97 Å². The Bertz CT molecular complexity index is 408. The van der Waals surface area contributed by atoms with Crippen LogP contribution in [0.2, 0.25) is 0 Å². The molecule has 2 aliphatic heterocycles. The molecule has 0 aromatic carbocycles. The predicted octanol–water partition coefficient (Wildman–Crippen LogP) is 0.790. The van der Waals surface area contributed by atoms with Crippen molar-refractivity contribution in [2.45, 2.75) is 25.4 Å². The van der Waals surface area contributed by atoms with Gasteiger partial charge < -0.3 is 10.4 Å². The SMILES string of the molecule is C=CC1=C(N(C)O[C@@H]2CCN(CC(=O)O)C2)NCCC1. The van der Waals surface area contributed by atoms with Gasteiger partial charge in [-0.1, -0.05) is 12.7 Å². The van der Waals surface area contributed by atoms with E-state index in [1.807, 2.05) is 18.0 Å². The van der Waals surface area contributed by atoms with Crippen molar-refractivity contribution in [2.75, 3.05) is 33.2 Å². The van der Waals surface area contributed by atoms with E-state index in [2.05, 4.69) is 11.9 Å². The van der Waals surface area contributed by atoms with Gasteiger partial charge in [-0.25, -0.2) is 5.06 Å². The summed E-state index contributed by atoms with van der Waals surface area (Å²) >= 11 is 0. The minimum atomic E-state index is -0.787. The molecule has 0 amide bonds. The van der Waals surface area contributed by atoms with Crippen molar-refractivity contribution in [3.63, 3.8) is 0 Å². The molecule has 112 valence electrons. The molecule has 6 heteroatoms. The highest BCUT2D eigenvalue weighted by atomic mass is 16.7. The van der Waals surface area contributed by atoms with Crippen LogP contribution in [0.1, 0.15) is 19.3 Å². The average Bonchev–Trinajstić information content (AvgIpc) is 2.85. The van der Waals surface area contributed by atoms with Gasteiger partial charge in [0.25, 0.3) is 0 Å². The first-order valence-electron chi connectivity index (χ1n) is 7.04. The number of hydroxylamine groups is 2. The highest BCUT2D eigenvalue weighted by Gasteiger charge is 2.27. The Kier molecular flexibility index (Phi) is 5.03. The minimum absolute atomic E-state index is 0.0432. The average molecular weight is 281 g/mol. The van der Waals surface area contributed by atoms with Crippen LogP contribution >= 0.6 is 0 Å². The van der Waals surface area contributed by atoms with Gasteiger partial charge in [-0.3, -0.25) is 14.5 Å². The number of hydrogen-bond acceptors (Lipinski definition) is 5. The third kappa shape index (κ3) is 3.74. The topological polar surface area (TPSA) is 65.0 Å². The van der Waals surface area contributed by atoms with E-state index in [0.29, 0.717) is 6.54 Å². The predicted molar refractivity (Wildman–Crippen MR) is 75.8 cm³/mol. The molecule has 1 saturated heterocycles. The second kappa shape index (κ2) is 6.76. The molecule has 0 aromatic rings. The smallest absolute Gasteiger partial charge is 0.317 e. The standard InChI is InChI=1S/C14H23N3O3/c1-3-11-5-4-7-15-14(11)16(2)20-12-6-8-17(9-12)10-13(18)19/h3,12,15H,1,4-10H2,2H3,(H,18,19)/t12-/m1/s1. The number of likely N-dealkylation sites (tertiary alicyclic amines) is 1. The quantitative estimate of drug-likeness (QED) is 0.702. The molecule has 0 radical (unpaired) electrons. The first-order valence-corrected chi connectivity index (χ1v) is 7.04. The van der Waals surface area contributed by atoms with Crippen molar-refractivity contribution in [1.82, 2.24) is 15.3 Å². The van der Waals surface area contributed by atoms with Crippen LogP contribution < -0.4 is 5.32 Å². The molecule has 2 rings (SSSR count). The molecular weight excluding hydrogens is 258 g/mol. The molecule has 0 aliphatic carbocycles. The summed E-state index contributed by atoms with van der Waals surface area (Å²) in [4.78, 5) is 18.5. The number of carbonyl (C=O) groups is 1. The maximum Gasteiger partial charge on any atom is 0.317 e. The van der Waals surface area contributed by atoms with Gasteiger partial charge in [-0.05, 0) is 24.8 Å². The van der Waals surface area contributed by atoms with Crippen LogP contribution in [-0.4, -0.2) is 60.4 Å². The van der Waals surface area contributed by atoms with Crippen molar-refractivity contribution in [3.8, 4) is 0 Å². The second-order valence-corrected chi connectivity index (χ2v) is 5.25. The summed E-state index contributed by atoms with van der Waals surface area (Å²) in [5, 5.41) is 13.9.